The first-order chi connectivity index (χ1) is 12.9. The molecule has 0 bridgehead atoms. The maximum absolute atomic E-state index is 13.0. The Morgan fingerprint density at radius 2 is 1.56 bits per heavy atom. The van der Waals surface area contributed by atoms with Crippen molar-refractivity contribution in [1.82, 2.24) is 0 Å². The van der Waals surface area contributed by atoms with Crippen LogP contribution in [0.2, 0.25) is 0 Å². The molecule has 4 aromatic rings. The number of fused-ring (bicyclic) bond motifs is 3. The molecule has 4 rings (SSSR count). The number of rotatable bonds is 3. The van der Waals surface area contributed by atoms with Crippen molar-refractivity contribution in [3.63, 3.8) is 0 Å². The van der Waals surface area contributed by atoms with Crippen molar-refractivity contribution in [3.8, 4) is 0 Å². The van der Waals surface area contributed by atoms with Crippen LogP contribution < -0.4 is 10.3 Å². The molecule has 0 spiro atoms. The molecule has 1 heterocycles. The fourth-order valence-corrected chi connectivity index (χ4v) is 3.46. The van der Waals surface area contributed by atoms with Gasteiger partial charge in [-0.3, -0.25) is 0 Å². The number of pyridine rings is 1. The largest absolute Gasteiger partial charge is 0.416 e. The van der Waals surface area contributed by atoms with Crippen molar-refractivity contribution >= 4 is 21.7 Å². The molecule has 0 saturated carbocycles. The SMILES string of the molecule is NC(C[n+]1cc2ccccc2c2ccccc21)c1cccc(C(F)(F)F)c1. The fraction of sp³-hybridized carbons (Fsp3) is 0.136. The molecular weight excluding hydrogens is 349 g/mol. The highest BCUT2D eigenvalue weighted by atomic mass is 19.4. The minimum atomic E-state index is -4.38. The zero-order valence-corrected chi connectivity index (χ0v) is 14.4. The molecule has 27 heavy (non-hydrogen) atoms. The van der Waals surface area contributed by atoms with Gasteiger partial charge in [0.15, 0.2) is 12.7 Å². The molecule has 5 heteroatoms. The van der Waals surface area contributed by atoms with Crippen LogP contribution in [0.15, 0.2) is 79.0 Å². The molecule has 2 N–H and O–H groups in total. The Hall–Kier alpha value is -2.92. The van der Waals surface area contributed by atoms with Crippen LogP contribution in [-0.2, 0) is 12.7 Å². The molecule has 0 amide bonds. The van der Waals surface area contributed by atoms with Crippen LogP contribution >= 0.6 is 0 Å². The Bertz CT molecular complexity index is 1120. The molecule has 0 aliphatic heterocycles. The van der Waals surface area contributed by atoms with Gasteiger partial charge in [0.1, 0.15) is 0 Å². The average molecular weight is 367 g/mol. The highest BCUT2D eigenvalue weighted by Crippen LogP contribution is 2.30. The van der Waals surface area contributed by atoms with E-state index in [2.05, 4.69) is 6.07 Å². The van der Waals surface area contributed by atoms with Crippen molar-refractivity contribution in [1.29, 1.82) is 0 Å². The molecule has 1 aromatic heterocycles. The van der Waals surface area contributed by atoms with Crippen LogP contribution in [0, 0.1) is 0 Å². The van der Waals surface area contributed by atoms with Gasteiger partial charge in [-0.1, -0.05) is 42.5 Å². The van der Waals surface area contributed by atoms with E-state index in [-0.39, 0.29) is 0 Å². The molecule has 0 saturated heterocycles. The summed E-state index contributed by atoms with van der Waals surface area (Å²) < 4.78 is 41.0. The fourth-order valence-electron chi connectivity index (χ4n) is 3.46. The van der Waals surface area contributed by atoms with E-state index in [1.807, 2.05) is 53.2 Å². The molecule has 136 valence electrons. The van der Waals surface area contributed by atoms with Crippen molar-refractivity contribution < 1.29 is 17.7 Å². The van der Waals surface area contributed by atoms with Crippen molar-refractivity contribution in [3.05, 3.63) is 90.1 Å². The lowest BCUT2D eigenvalue weighted by molar-refractivity contribution is -0.673. The second-order valence-corrected chi connectivity index (χ2v) is 6.62. The third kappa shape index (κ3) is 3.38. The van der Waals surface area contributed by atoms with Gasteiger partial charge in [-0.15, -0.1) is 0 Å². The maximum Gasteiger partial charge on any atom is 0.416 e. The number of alkyl halides is 3. The minimum absolute atomic E-state index is 0.382. The van der Waals surface area contributed by atoms with Gasteiger partial charge in [0.25, 0.3) is 0 Å². The number of nitrogens with two attached hydrogens (primary N) is 1. The average Bonchev–Trinajstić information content (AvgIpc) is 2.67. The molecular formula is C22H18F3N2+. The van der Waals surface area contributed by atoms with E-state index >= 15 is 0 Å². The number of halogens is 3. The topological polar surface area (TPSA) is 29.9 Å². The van der Waals surface area contributed by atoms with E-state index in [4.69, 9.17) is 5.73 Å². The smallest absolute Gasteiger partial charge is 0.319 e. The number of nitrogens with zero attached hydrogens (tertiary/aromatic N) is 1. The van der Waals surface area contributed by atoms with Gasteiger partial charge in [0, 0.05) is 16.8 Å². The summed E-state index contributed by atoms with van der Waals surface area (Å²) in [7, 11) is 0. The van der Waals surface area contributed by atoms with E-state index < -0.39 is 17.8 Å². The van der Waals surface area contributed by atoms with Crippen LogP contribution in [0.25, 0.3) is 21.7 Å². The summed E-state index contributed by atoms with van der Waals surface area (Å²) in [4.78, 5) is 0. The van der Waals surface area contributed by atoms with E-state index in [1.54, 1.807) is 6.07 Å². The highest BCUT2D eigenvalue weighted by Gasteiger charge is 2.31. The third-order valence-electron chi connectivity index (χ3n) is 4.79. The summed E-state index contributed by atoms with van der Waals surface area (Å²) in [6.07, 6.45) is -2.37. The predicted octanol–water partition coefficient (Wildman–Crippen LogP) is 5.00. The number of hydrogen-bond acceptors (Lipinski definition) is 1. The molecule has 0 aliphatic carbocycles. The van der Waals surface area contributed by atoms with Gasteiger partial charge < -0.3 is 5.73 Å². The first-order valence-corrected chi connectivity index (χ1v) is 8.66. The van der Waals surface area contributed by atoms with Crippen LogP contribution in [-0.4, -0.2) is 0 Å². The second kappa shape index (κ2) is 6.67. The zero-order chi connectivity index (χ0) is 19.0. The van der Waals surface area contributed by atoms with Crippen LogP contribution in [0.1, 0.15) is 17.2 Å². The molecule has 2 nitrogen and oxygen atoms in total. The monoisotopic (exact) mass is 367 g/mol. The van der Waals surface area contributed by atoms with Gasteiger partial charge in [-0.2, -0.15) is 17.7 Å². The van der Waals surface area contributed by atoms with Crippen molar-refractivity contribution in [2.24, 2.45) is 5.73 Å². The number of benzene rings is 3. The lowest BCUT2D eigenvalue weighted by Gasteiger charge is -2.13. The Labute approximate surface area is 154 Å². The molecule has 0 aliphatic rings. The summed E-state index contributed by atoms with van der Waals surface area (Å²) in [6, 6.07) is 20.7. The normalized spacial score (nSPS) is 13.2. The van der Waals surface area contributed by atoms with Crippen molar-refractivity contribution in [2.75, 3.05) is 0 Å². The van der Waals surface area contributed by atoms with Gasteiger partial charge in [0.2, 0.25) is 5.52 Å². The lowest BCUT2D eigenvalue weighted by Crippen LogP contribution is -2.40. The first-order valence-electron chi connectivity index (χ1n) is 8.66. The van der Waals surface area contributed by atoms with Crippen LogP contribution in [0.4, 0.5) is 13.2 Å². The Kier molecular flexibility index (Phi) is 4.32. The maximum atomic E-state index is 13.0. The van der Waals surface area contributed by atoms with Gasteiger partial charge in [-0.05, 0) is 29.8 Å². The Morgan fingerprint density at radius 3 is 2.33 bits per heavy atom. The van der Waals surface area contributed by atoms with E-state index in [0.717, 1.165) is 33.8 Å². The summed E-state index contributed by atoms with van der Waals surface area (Å²) in [5.41, 5.74) is 7.08. The van der Waals surface area contributed by atoms with E-state index in [0.29, 0.717) is 12.1 Å². The number of aromatic nitrogens is 1. The van der Waals surface area contributed by atoms with Gasteiger partial charge in [-0.25, -0.2) is 0 Å². The quantitative estimate of drug-likeness (QED) is 0.401. The molecule has 3 aromatic carbocycles. The van der Waals surface area contributed by atoms with Gasteiger partial charge >= 0.3 is 6.18 Å². The summed E-state index contributed by atoms with van der Waals surface area (Å²) in [5.74, 6) is 0. The molecule has 1 unspecified atom stereocenters. The Balaban J connectivity index is 1.77. The molecule has 0 fully saturated rings. The summed E-state index contributed by atoms with van der Waals surface area (Å²) in [6.45, 7) is 0.382. The van der Waals surface area contributed by atoms with E-state index in [9.17, 15) is 13.2 Å². The van der Waals surface area contributed by atoms with E-state index in [1.165, 1.54) is 6.07 Å². The molecule has 0 radical (unpaired) electrons. The number of hydrogen-bond donors (Lipinski definition) is 1. The van der Waals surface area contributed by atoms with Crippen LogP contribution in [0.3, 0.4) is 0 Å². The first kappa shape index (κ1) is 17.5. The standard InChI is InChI=1S/C22H18F3N2/c23-22(24,25)17-8-5-7-15(12-17)20(26)14-27-13-16-6-1-2-9-18(16)19-10-3-4-11-21(19)27/h1-13,20H,14,26H2/q+1. The van der Waals surface area contributed by atoms with Gasteiger partial charge in [0.05, 0.1) is 17.0 Å². The lowest BCUT2D eigenvalue weighted by atomic mass is 10.0. The highest BCUT2D eigenvalue weighted by molar-refractivity contribution is 6.03. The molecule has 1 atom stereocenters. The minimum Gasteiger partial charge on any atom is -0.319 e. The number of para-hydroxylation sites is 1. The van der Waals surface area contributed by atoms with Crippen LogP contribution in [0.5, 0.6) is 0 Å². The zero-order valence-electron chi connectivity index (χ0n) is 14.4. The Morgan fingerprint density at radius 1 is 0.852 bits per heavy atom. The summed E-state index contributed by atoms with van der Waals surface area (Å²) in [5, 5.41) is 3.29. The van der Waals surface area contributed by atoms with Crippen molar-refractivity contribution in [2.45, 2.75) is 18.8 Å². The second-order valence-electron chi connectivity index (χ2n) is 6.62. The third-order valence-corrected chi connectivity index (χ3v) is 4.79. The summed E-state index contributed by atoms with van der Waals surface area (Å²) >= 11 is 0. The predicted molar refractivity (Wildman–Crippen MR) is 100 cm³/mol.